The van der Waals surface area contributed by atoms with Crippen LogP contribution in [0.2, 0.25) is 0 Å². The summed E-state index contributed by atoms with van der Waals surface area (Å²) in [5, 5.41) is 0. The number of fused-ring (bicyclic) bond motifs is 3. The van der Waals surface area contributed by atoms with Gasteiger partial charge in [0.25, 0.3) is 0 Å². The summed E-state index contributed by atoms with van der Waals surface area (Å²) in [7, 11) is 0. The monoisotopic (exact) mass is 554 g/mol. The second-order valence-electron chi connectivity index (χ2n) is 10.4. The van der Waals surface area contributed by atoms with Crippen LogP contribution in [-0.4, -0.2) is 24.7 Å². The highest BCUT2D eigenvalue weighted by atomic mass is 32.1. The molecule has 202 valence electrons. The van der Waals surface area contributed by atoms with E-state index in [0.29, 0.717) is 13.2 Å². The molecule has 0 spiro atoms. The maximum Gasteiger partial charge on any atom is 0.122 e. The van der Waals surface area contributed by atoms with Gasteiger partial charge >= 0.3 is 0 Å². The highest BCUT2D eigenvalue weighted by Crippen LogP contribution is 2.56. The van der Waals surface area contributed by atoms with Gasteiger partial charge in [-0.3, -0.25) is 0 Å². The fraction of sp³-hybridized carbons (Fsp3) is 0.314. The van der Waals surface area contributed by atoms with Gasteiger partial charge in [0.1, 0.15) is 11.5 Å². The van der Waals surface area contributed by atoms with Crippen molar-refractivity contribution in [3.8, 4) is 22.6 Å². The van der Waals surface area contributed by atoms with Gasteiger partial charge in [-0.25, -0.2) is 0 Å². The van der Waals surface area contributed by atoms with Crippen molar-refractivity contribution in [3.05, 3.63) is 118 Å². The Hall–Kier alpha value is -2.82. The summed E-state index contributed by atoms with van der Waals surface area (Å²) < 4.78 is 12.3. The minimum absolute atomic E-state index is 0.433. The second kappa shape index (κ2) is 12.6. The molecule has 0 saturated heterocycles. The lowest BCUT2D eigenvalue weighted by atomic mass is 9.67. The molecule has 0 unspecified atom stereocenters. The van der Waals surface area contributed by atoms with Crippen LogP contribution < -0.4 is 9.47 Å². The third kappa shape index (κ3) is 5.34. The number of hydrogen-bond donors (Lipinski definition) is 2. The largest absolute Gasteiger partial charge is 0.493 e. The van der Waals surface area contributed by atoms with Crippen molar-refractivity contribution in [2.75, 3.05) is 24.7 Å². The van der Waals surface area contributed by atoms with E-state index in [1.54, 1.807) is 0 Å². The Morgan fingerprint density at radius 3 is 1.41 bits per heavy atom. The van der Waals surface area contributed by atoms with E-state index in [9.17, 15) is 0 Å². The predicted octanol–water partition coefficient (Wildman–Crippen LogP) is 8.84. The molecule has 0 atom stereocenters. The van der Waals surface area contributed by atoms with Crippen molar-refractivity contribution in [1.82, 2.24) is 0 Å². The molecule has 0 heterocycles. The van der Waals surface area contributed by atoms with E-state index < -0.39 is 5.41 Å². The van der Waals surface area contributed by atoms with E-state index in [0.717, 1.165) is 59.8 Å². The molecule has 0 N–H and O–H groups in total. The first-order valence-electron chi connectivity index (χ1n) is 14.0. The van der Waals surface area contributed by atoms with Crippen molar-refractivity contribution in [3.63, 3.8) is 0 Å². The minimum atomic E-state index is -0.433. The molecule has 5 rings (SSSR count). The van der Waals surface area contributed by atoms with Gasteiger partial charge in [0.2, 0.25) is 0 Å². The van der Waals surface area contributed by atoms with Gasteiger partial charge in [0.15, 0.2) is 0 Å². The molecule has 4 aromatic rings. The number of rotatable bonds is 12. The van der Waals surface area contributed by atoms with Gasteiger partial charge in [-0.05, 0) is 108 Å². The molecule has 1 aliphatic rings. The van der Waals surface area contributed by atoms with Crippen LogP contribution in [0, 0.1) is 13.8 Å². The van der Waals surface area contributed by atoms with Gasteiger partial charge < -0.3 is 9.47 Å². The van der Waals surface area contributed by atoms with Crippen molar-refractivity contribution in [2.24, 2.45) is 0 Å². The molecular formula is C35H38O2S2. The molecule has 0 aromatic heterocycles. The summed E-state index contributed by atoms with van der Waals surface area (Å²) in [4.78, 5) is 0. The first-order chi connectivity index (χ1) is 19.1. The first kappa shape index (κ1) is 27.7. The van der Waals surface area contributed by atoms with Crippen LogP contribution in [0.5, 0.6) is 11.5 Å². The molecule has 4 heteroatoms. The zero-order valence-electron chi connectivity index (χ0n) is 23.0. The van der Waals surface area contributed by atoms with Crippen LogP contribution in [0.25, 0.3) is 11.1 Å². The fourth-order valence-corrected chi connectivity index (χ4v) is 6.35. The molecule has 0 radical (unpaired) electrons. The Bertz CT molecular complexity index is 1320. The molecule has 2 nitrogen and oxygen atoms in total. The summed E-state index contributed by atoms with van der Waals surface area (Å²) in [6.07, 6.45) is 4.14. The molecule has 39 heavy (non-hydrogen) atoms. The van der Waals surface area contributed by atoms with Gasteiger partial charge in [-0.2, -0.15) is 25.3 Å². The van der Waals surface area contributed by atoms with E-state index in [1.165, 1.54) is 33.4 Å². The number of aryl methyl sites for hydroxylation is 2. The van der Waals surface area contributed by atoms with Crippen LogP contribution in [-0.2, 0) is 5.41 Å². The van der Waals surface area contributed by atoms with Crippen LogP contribution in [0.3, 0.4) is 0 Å². The van der Waals surface area contributed by atoms with Gasteiger partial charge in [0, 0.05) is 0 Å². The topological polar surface area (TPSA) is 18.5 Å². The van der Waals surface area contributed by atoms with Crippen LogP contribution in [0.15, 0.2) is 84.9 Å². The predicted molar refractivity (Wildman–Crippen MR) is 170 cm³/mol. The lowest BCUT2D eigenvalue weighted by Crippen LogP contribution is -2.29. The molecule has 0 fully saturated rings. The zero-order chi connectivity index (χ0) is 27.2. The van der Waals surface area contributed by atoms with Gasteiger partial charge in [0.05, 0.1) is 18.6 Å². The Balaban J connectivity index is 1.64. The highest BCUT2D eigenvalue weighted by Gasteiger charge is 2.46. The summed E-state index contributed by atoms with van der Waals surface area (Å²) in [5.74, 6) is 3.69. The van der Waals surface area contributed by atoms with Crippen LogP contribution in [0.1, 0.15) is 59.1 Å². The molecular weight excluding hydrogens is 517 g/mol. The summed E-state index contributed by atoms with van der Waals surface area (Å²) in [6.45, 7) is 5.74. The Morgan fingerprint density at radius 2 is 1.00 bits per heavy atom. The third-order valence-electron chi connectivity index (χ3n) is 7.79. The minimum Gasteiger partial charge on any atom is -0.493 e. The SMILES string of the molecule is Cc1cc(C2(c3ccc(OCCCCS)c(C)c3)c3ccccc3-c3ccccc32)ccc1OCCCCS. The Kier molecular flexibility index (Phi) is 8.94. The van der Waals surface area contributed by atoms with Crippen molar-refractivity contribution in [1.29, 1.82) is 0 Å². The van der Waals surface area contributed by atoms with E-state index in [-0.39, 0.29) is 0 Å². The molecule has 1 aliphatic carbocycles. The summed E-state index contributed by atoms with van der Waals surface area (Å²) >= 11 is 8.65. The average Bonchev–Trinajstić information content (AvgIpc) is 3.26. The second-order valence-corrected chi connectivity index (χ2v) is 11.3. The maximum atomic E-state index is 6.17. The molecule has 0 aliphatic heterocycles. The summed E-state index contributed by atoms with van der Waals surface area (Å²) in [6, 6.07) is 31.2. The normalized spacial score (nSPS) is 13.1. The first-order valence-corrected chi connectivity index (χ1v) is 15.3. The van der Waals surface area contributed by atoms with Crippen LogP contribution in [0.4, 0.5) is 0 Å². The highest BCUT2D eigenvalue weighted by molar-refractivity contribution is 7.80. The molecule has 0 bridgehead atoms. The maximum absolute atomic E-state index is 6.17. The van der Waals surface area contributed by atoms with Crippen LogP contribution >= 0.6 is 25.3 Å². The van der Waals surface area contributed by atoms with E-state index in [2.05, 4.69) is 124 Å². The third-order valence-corrected chi connectivity index (χ3v) is 8.42. The zero-order valence-corrected chi connectivity index (χ0v) is 24.7. The quantitative estimate of drug-likeness (QED) is 0.119. The smallest absolute Gasteiger partial charge is 0.122 e. The molecule has 0 saturated carbocycles. The fourth-order valence-electron chi connectivity index (χ4n) is 5.90. The Morgan fingerprint density at radius 1 is 0.564 bits per heavy atom. The Labute approximate surface area is 244 Å². The molecule has 4 aromatic carbocycles. The lowest BCUT2D eigenvalue weighted by molar-refractivity contribution is 0.307. The van der Waals surface area contributed by atoms with E-state index >= 15 is 0 Å². The van der Waals surface area contributed by atoms with Crippen molar-refractivity contribution < 1.29 is 9.47 Å². The number of unbranched alkanes of at least 4 members (excludes halogenated alkanes) is 2. The van der Waals surface area contributed by atoms with E-state index in [1.807, 2.05) is 0 Å². The average molecular weight is 555 g/mol. The van der Waals surface area contributed by atoms with Crippen molar-refractivity contribution >= 4 is 25.3 Å². The summed E-state index contributed by atoms with van der Waals surface area (Å²) in [5.41, 5.74) is 9.59. The standard InChI is InChI=1S/C35H38O2S2/c1-25-23-27(15-17-33(25)36-19-7-9-21-38)35(28-16-18-34(26(2)24-28)37-20-8-10-22-39)31-13-5-3-11-29(31)30-12-4-6-14-32(30)35/h3-6,11-18,23-24,38-39H,7-10,19-22H2,1-2H3. The number of benzene rings is 4. The number of ether oxygens (including phenoxy) is 2. The number of hydrogen-bond acceptors (Lipinski definition) is 4. The molecule has 0 amide bonds. The number of thiol groups is 2. The van der Waals surface area contributed by atoms with Gasteiger partial charge in [-0.1, -0.05) is 72.8 Å². The van der Waals surface area contributed by atoms with Gasteiger partial charge in [-0.15, -0.1) is 0 Å². The van der Waals surface area contributed by atoms with E-state index in [4.69, 9.17) is 9.47 Å². The lowest BCUT2D eigenvalue weighted by Gasteiger charge is -2.34. The van der Waals surface area contributed by atoms with Crippen molar-refractivity contribution in [2.45, 2.75) is 44.9 Å².